The van der Waals surface area contributed by atoms with E-state index in [1.54, 1.807) is 7.11 Å². The second kappa shape index (κ2) is 10.3. The van der Waals surface area contributed by atoms with Crippen LogP contribution in [0, 0.1) is 0 Å². The number of nitrogens with zero attached hydrogens (tertiary/aromatic N) is 4. The predicted octanol–water partition coefficient (Wildman–Crippen LogP) is 3.52. The third-order valence-corrected chi connectivity index (χ3v) is 4.59. The number of aromatic nitrogens is 2. The predicted molar refractivity (Wildman–Crippen MR) is 118 cm³/mol. The highest BCUT2D eigenvalue weighted by Crippen LogP contribution is 2.13. The fraction of sp³-hybridized carbons (Fsp3) is 0.304. The van der Waals surface area contributed by atoms with Crippen molar-refractivity contribution in [1.82, 2.24) is 20.0 Å². The SMILES string of the molecule is CCNC(=NCCc1cnn(-c2ccccc2)c1)N(C)Cc1ccc(OC)cc1. The lowest BCUT2D eigenvalue weighted by atomic mass is 10.2. The van der Waals surface area contributed by atoms with E-state index >= 15 is 0 Å². The number of rotatable bonds is 8. The van der Waals surface area contributed by atoms with E-state index < -0.39 is 0 Å². The van der Waals surface area contributed by atoms with Gasteiger partial charge in [-0.05, 0) is 48.7 Å². The topological polar surface area (TPSA) is 54.7 Å². The van der Waals surface area contributed by atoms with Gasteiger partial charge < -0.3 is 15.0 Å². The highest BCUT2D eigenvalue weighted by molar-refractivity contribution is 5.79. The molecule has 0 radical (unpaired) electrons. The molecular weight excluding hydrogens is 362 g/mol. The summed E-state index contributed by atoms with van der Waals surface area (Å²) >= 11 is 0. The van der Waals surface area contributed by atoms with Gasteiger partial charge in [0.1, 0.15) is 5.75 Å². The molecule has 2 aromatic carbocycles. The maximum Gasteiger partial charge on any atom is 0.193 e. The summed E-state index contributed by atoms with van der Waals surface area (Å²) in [6.45, 7) is 4.40. The first-order valence-corrected chi connectivity index (χ1v) is 9.91. The van der Waals surface area contributed by atoms with E-state index in [9.17, 15) is 0 Å². The number of nitrogens with one attached hydrogen (secondary N) is 1. The van der Waals surface area contributed by atoms with Gasteiger partial charge in [-0.1, -0.05) is 30.3 Å². The quantitative estimate of drug-likeness (QED) is 0.472. The van der Waals surface area contributed by atoms with Crippen molar-refractivity contribution in [3.63, 3.8) is 0 Å². The average molecular weight is 392 g/mol. The zero-order valence-electron chi connectivity index (χ0n) is 17.4. The van der Waals surface area contributed by atoms with Gasteiger partial charge in [0.2, 0.25) is 0 Å². The standard InChI is InChI=1S/C23H29N5O/c1-4-24-23(27(2)17-19-10-12-22(29-3)13-11-19)25-15-14-20-16-26-28(18-20)21-8-6-5-7-9-21/h5-13,16,18H,4,14-15,17H2,1-3H3,(H,24,25). The van der Waals surface area contributed by atoms with Crippen LogP contribution in [0.1, 0.15) is 18.1 Å². The lowest BCUT2D eigenvalue weighted by molar-refractivity contribution is 0.414. The molecule has 0 saturated carbocycles. The average Bonchev–Trinajstić information content (AvgIpc) is 3.23. The van der Waals surface area contributed by atoms with Crippen molar-refractivity contribution in [2.75, 3.05) is 27.2 Å². The molecular formula is C23H29N5O. The molecule has 0 atom stereocenters. The van der Waals surface area contributed by atoms with Crippen LogP contribution in [0.3, 0.4) is 0 Å². The zero-order valence-corrected chi connectivity index (χ0v) is 17.4. The van der Waals surface area contributed by atoms with Gasteiger partial charge >= 0.3 is 0 Å². The molecule has 0 saturated heterocycles. The molecule has 0 aliphatic heterocycles. The molecule has 0 fully saturated rings. The van der Waals surface area contributed by atoms with Crippen LogP contribution < -0.4 is 10.1 Å². The second-order valence-corrected chi connectivity index (χ2v) is 6.82. The van der Waals surface area contributed by atoms with Crippen molar-refractivity contribution in [2.45, 2.75) is 19.9 Å². The molecule has 152 valence electrons. The van der Waals surface area contributed by atoms with Gasteiger partial charge in [0, 0.05) is 32.9 Å². The van der Waals surface area contributed by atoms with Crippen LogP contribution in [-0.2, 0) is 13.0 Å². The number of para-hydroxylation sites is 1. The Labute approximate surface area is 172 Å². The lowest BCUT2D eigenvalue weighted by Crippen LogP contribution is -2.38. The van der Waals surface area contributed by atoms with E-state index in [2.05, 4.69) is 47.6 Å². The van der Waals surface area contributed by atoms with Crippen LogP contribution in [-0.4, -0.2) is 47.9 Å². The van der Waals surface area contributed by atoms with E-state index in [0.717, 1.165) is 36.9 Å². The van der Waals surface area contributed by atoms with Gasteiger partial charge in [0.05, 0.1) is 19.0 Å². The van der Waals surface area contributed by atoms with Gasteiger partial charge in [-0.25, -0.2) is 4.68 Å². The minimum absolute atomic E-state index is 0.704. The zero-order chi connectivity index (χ0) is 20.5. The molecule has 29 heavy (non-hydrogen) atoms. The molecule has 0 spiro atoms. The number of hydrogen-bond donors (Lipinski definition) is 1. The fourth-order valence-electron chi connectivity index (χ4n) is 3.05. The Hall–Kier alpha value is -3.28. The highest BCUT2D eigenvalue weighted by atomic mass is 16.5. The number of aliphatic imine (C=N–C) groups is 1. The molecule has 6 heteroatoms. The third-order valence-electron chi connectivity index (χ3n) is 4.59. The molecule has 1 aromatic heterocycles. The molecule has 1 heterocycles. The van der Waals surface area contributed by atoms with Gasteiger partial charge in [0.15, 0.2) is 5.96 Å². The summed E-state index contributed by atoms with van der Waals surface area (Å²) in [5.74, 6) is 1.77. The molecule has 0 aliphatic rings. The second-order valence-electron chi connectivity index (χ2n) is 6.82. The maximum absolute atomic E-state index is 5.23. The van der Waals surface area contributed by atoms with Crippen molar-refractivity contribution in [3.05, 3.63) is 78.1 Å². The van der Waals surface area contributed by atoms with E-state index in [0.29, 0.717) is 6.54 Å². The number of ether oxygens (including phenoxy) is 1. The Balaban J connectivity index is 1.59. The molecule has 3 aromatic rings. The summed E-state index contributed by atoms with van der Waals surface area (Å²) in [6.07, 6.45) is 4.83. The molecule has 0 bridgehead atoms. The Kier molecular flexibility index (Phi) is 7.28. The summed E-state index contributed by atoms with van der Waals surface area (Å²) in [4.78, 5) is 6.93. The molecule has 3 rings (SSSR count). The highest BCUT2D eigenvalue weighted by Gasteiger charge is 2.07. The number of benzene rings is 2. The van der Waals surface area contributed by atoms with Crippen LogP contribution in [0.4, 0.5) is 0 Å². The third kappa shape index (κ3) is 5.85. The summed E-state index contributed by atoms with van der Waals surface area (Å²) in [6, 6.07) is 18.3. The normalized spacial score (nSPS) is 11.3. The Morgan fingerprint density at radius 3 is 2.55 bits per heavy atom. The van der Waals surface area contributed by atoms with E-state index in [4.69, 9.17) is 9.73 Å². The molecule has 0 aliphatic carbocycles. The van der Waals surface area contributed by atoms with Gasteiger partial charge in [-0.3, -0.25) is 4.99 Å². The van der Waals surface area contributed by atoms with Crippen LogP contribution >= 0.6 is 0 Å². The van der Waals surface area contributed by atoms with E-state index in [1.165, 1.54) is 11.1 Å². The smallest absolute Gasteiger partial charge is 0.193 e. The maximum atomic E-state index is 5.23. The van der Waals surface area contributed by atoms with E-state index in [-0.39, 0.29) is 0 Å². The summed E-state index contributed by atoms with van der Waals surface area (Å²) < 4.78 is 7.13. The molecule has 0 unspecified atom stereocenters. The molecule has 0 amide bonds. The van der Waals surface area contributed by atoms with Crippen LogP contribution in [0.5, 0.6) is 5.75 Å². The number of methoxy groups -OCH3 is 1. The first-order chi connectivity index (χ1) is 14.2. The molecule has 1 N–H and O–H groups in total. The van der Waals surface area contributed by atoms with Crippen LogP contribution in [0.2, 0.25) is 0 Å². The lowest BCUT2D eigenvalue weighted by Gasteiger charge is -2.22. The van der Waals surface area contributed by atoms with E-state index in [1.807, 2.05) is 53.3 Å². The Bertz CT molecular complexity index is 903. The molecule has 6 nitrogen and oxygen atoms in total. The summed E-state index contributed by atoms with van der Waals surface area (Å²) in [5, 5.41) is 7.83. The van der Waals surface area contributed by atoms with Crippen molar-refractivity contribution >= 4 is 5.96 Å². The number of hydrogen-bond acceptors (Lipinski definition) is 3. The van der Waals surface area contributed by atoms with Gasteiger partial charge in [-0.15, -0.1) is 0 Å². The van der Waals surface area contributed by atoms with Crippen LogP contribution in [0.25, 0.3) is 5.69 Å². The largest absolute Gasteiger partial charge is 0.497 e. The van der Waals surface area contributed by atoms with Crippen molar-refractivity contribution in [1.29, 1.82) is 0 Å². The van der Waals surface area contributed by atoms with Gasteiger partial charge in [-0.2, -0.15) is 5.10 Å². The monoisotopic (exact) mass is 391 g/mol. The van der Waals surface area contributed by atoms with Crippen molar-refractivity contribution < 1.29 is 4.74 Å². The first-order valence-electron chi connectivity index (χ1n) is 9.91. The van der Waals surface area contributed by atoms with Gasteiger partial charge in [0.25, 0.3) is 0 Å². The Morgan fingerprint density at radius 1 is 1.10 bits per heavy atom. The first kappa shape index (κ1) is 20.5. The minimum atomic E-state index is 0.704. The minimum Gasteiger partial charge on any atom is -0.497 e. The van der Waals surface area contributed by atoms with Crippen molar-refractivity contribution in [2.24, 2.45) is 4.99 Å². The summed E-state index contributed by atoms with van der Waals surface area (Å²) in [5.41, 5.74) is 3.45. The summed E-state index contributed by atoms with van der Waals surface area (Å²) in [7, 11) is 3.74. The van der Waals surface area contributed by atoms with Crippen molar-refractivity contribution in [3.8, 4) is 11.4 Å². The Morgan fingerprint density at radius 2 is 1.86 bits per heavy atom. The fourth-order valence-corrected chi connectivity index (χ4v) is 3.05. The van der Waals surface area contributed by atoms with Crippen LogP contribution in [0.15, 0.2) is 72.0 Å². The number of guanidine groups is 1.